The van der Waals surface area contributed by atoms with Gasteiger partial charge in [-0.15, -0.1) is 0 Å². The van der Waals surface area contributed by atoms with Gasteiger partial charge in [-0.25, -0.2) is 0 Å². The highest BCUT2D eigenvalue weighted by molar-refractivity contribution is 6.05. The molecule has 2 aromatic rings. The second-order valence-electron chi connectivity index (χ2n) is 5.55. The largest absolute Gasteiger partial charge is 0.430 e. The van der Waals surface area contributed by atoms with E-state index in [1.807, 2.05) is 0 Å². The lowest BCUT2D eigenvalue weighted by Crippen LogP contribution is -2.53. The zero-order chi connectivity index (χ0) is 19.8. The number of rotatable bonds is 3. The number of benzene rings is 2. The average Bonchev–Trinajstić information content (AvgIpc) is 2.53. The molecule has 0 aromatic heterocycles. The summed E-state index contributed by atoms with van der Waals surface area (Å²) < 4.78 is 76.9. The van der Waals surface area contributed by atoms with Gasteiger partial charge in [-0.2, -0.15) is 26.3 Å². The van der Waals surface area contributed by atoms with Crippen molar-refractivity contribution in [2.75, 3.05) is 5.32 Å². The molecule has 2 N–H and O–H groups in total. The van der Waals surface area contributed by atoms with E-state index in [9.17, 15) is 36.2 Å². The maximum atomic E-state index is 12.8. The van der Waals surface area contributed by atoms with E-state index in [1.54, 1.807) is 25.1 Å². The van der Waals surface area contributed by atoms with Crippen LogP contribution in [-0.2, 0) is 5.60 Å². The molecule has 2 aromatic carbocycles. The van der Waals surface area contributed by atoms with Gasteiger partial charge in [0.05, 0.1) is 0 Å². The normalized spacial score (nSPS) is 12.8. The van der Waals surface area contributed by atoms with Gasteiger partial charge in [-0.05, 0) is 30.7 Å². The van der Waals surface area contributed by atoms with E-state index in [-0.39, 0.29) is 5.69 Å². The number of amides is 1. The van der Waals surface area contributed by atoms with Gasteiger partial charge in [0.1, 0.15) is 0 Å². The highest BCUT2D eigenvalue weighted by Crippen LogP contribution is 2.50. The third kappa shape index (κ3) is 3.52. The Hall–Kier alpha value is -2.55. The van der Waals surface area contributed by atoms with E-state index in [0.29, 0.717) is 23.3 Å². The molecular weight excluding hydrogens is 364 g/mol. The van der Waals surface area contributed by atoms with Crippen molar-refractivity contribution in [3.05, 3.63) is 65.2 Å². The second-order valence-corrected chi connectivity index (χ2v) is 5.55. The quantitative estimate of drug-likeness (QED) is 0.771. The summed E-state index contributed by atoms with van der Waals surface area (Å²) in [5, 5.41) is 11.7. The van der Waals surface area contributed by atoms with Crippen molar-refractivity contribution in [2.45, 2.75) is 24.9 Å². The maximum Gasteiger partial charge on any atom is 0.430 e. The Kier molecular flexibility index (Phi) is 5.05. The zero-order valence-electron chi connectivity index (χ0n) is 13.2. The topological polar surface area (TPSA) is 49.3 Å². The molecule has 0 heterocycles. The summed E-state index contributed by atoms with van der Waals surface area (Å²) in [5.41, 5.74) is -5.47. The molecule has 0 aliphatic heterocycles. The summed E-state index contributed by atoms with van der Waals surface area (Å²) in [5.74, 6) is -0.572. The van der Waals surface area contributed by atoms with Crippen LogP contribution in [0.15, 0.2) is 48.5 Å². The number of hydrogen-bond donors (Lipinski definition) is 2. The molecule has 2 rings (SSSR count). The van der Waals surface area contributed by atoms with Crippen molar-refractivity contribution in [1.82, 2.24) is 0 Å². The number of aryl methyl sites for hydroxylation is 1. The SMILES string of the molecule is Cc1ccccc1C(=O)Nc1ccc(C(O)(C(F)(F)F)C(F)(F)F)cc1. The fourth-order valence-corrected chi connectivity index (χ4v) is 2.31. The third-order valence-electron chi connectivity index (χ3n) is 3.77. The first-order valence-electron chi connectivity index (χ1n) is 7.21. The predicted molar refractivity (Wildman–Crippen MR) is 81.6 cm³/mol. The Morgan fingerprint density at radius 3 is 1.85 bits per heavy atom. The molecule has 3 nitrogen and oxygen atoms in total. The van der Waals surface area contributed by atoms with Crippen LogP contribution in [0.5, 0.6) is 0 Å². The molecule has 0 fully saturated rings. The van der Waals surface area contributed by atoms with Crippen molar-refractivity contribution < 1.29 is 36.2 Å². The standard InChI is InChI=1S/C17H13F6NO2/c1-10-4-2-3-5-13(10)14(25)24-12-8-6-11(7-9-12)15(26,16(18,19)20)17(21,22)23/h2-9,26H,1H3,(H,24,25). The van der Waals surface area contributed by atoms with Crippen LogP contribution in [0.25, 0.3) is 0 Å². The Bertz CT molecular complexity index is 782. The highest BCUT2D eigenvalue weighted by Gasteiger charge is 2.71. The van der Waals surface area contributed by atoms with Gasteiger partial charge < -0.3 is 10.4 Å². The van der Waals surface area contributed by atoms with E-state index in [0.717, 1.165) is 12.1 Å². The van der Waals surface area contributed by atoms with Crippen molar-refractivity contribution in [3.8, 4) is 0 Å². The first kappa shape index (κ1) is 19.8. The monoisotopic (exact) mass is 377 g/mol. The van der Waals surface area contributed by atoms with Gasteiger partial charge in [0.2, 0.25) is 0 Å². The number of hydrogen-bond acceptors (Lipinski definition) is 2. The molecule has 0 unspecified atom stereocenters. The molecule has 1 amide bonds. The van der Waals surface area contributed by atoms with Gasteiger partial charge >= 0.3 is 12.4 Å². The fraction of sp³-hybridized carbons (Fsp3) is 0.235. The Morgan fingerprint density at radius 1 is 0.885 bits per heavy atom. The van der Waals surface area contributed by atoms with E-state index < -0.39 is 29.4 Å². The van der Waals surface area contributed by atoms with E-state index in [1.165, 1.54) is 6.07 Å². The van der Waals surface area contributed by atoms with Crippen LogP contribution < -0.4 is 5.32 Å². The number of halogens is 6. The van der Waals surface area contributed by atoms with Gasteiger partial charge in [0, 0.05) is 16.8 Å². The Labute approximate surface area is 144 Å². The zero-order valence-corrected chi connectivity index (χ0v) is 13.2. The van der Waals surface area contributed by atoms with Crippen LogP contribution in [0.2, 0.25) is 0 Å². The predicted octanol–water partition coefficient (Wildman–Crippen LogP) is 4.56. The number of alkyl halides is 6. The first-order chi connectivity index (χ1) is 11.9. The maximum absolute atomic E-state index is 12.8. The van der Waals surface area contributed by atoms with Crippen molar-refractivity contribution in [3.63, 3.8) is 0 Å². The molecule has 0 atom stereocenters. The lowest BCUT2D eigenvalue weighted by molar-refractivity contribution is -0.376. The molecule has 9 heteroatoms. The van der Waals surface area contributed by atoms with Gasteiger partial charge in [-0.3, -0.25) is 4.79 Å². The molecule has 0 saturated carbocycles. The number of carbonyl (C=O) groups excluding carboxylic acids is 1. The Balaban J connectivity index is 2.30. The molecule has 0 radical (unpaired) electrons. The van der Waals surface area contributed by atoms with Crippen molar-refractivity contribution in [1.29, 1.82) is 0 Å². The van der Waals surface area contributed by atoms with Crippen LogP contribution >= 0.6 is 0 Å². The average molecular weight is 377 g/mol. The van der Waals surface area contributed by atoms with Crippen LogP contribution in [0.4, 0.5) is 32.0 Å². The minimum Gasteiger partial charge on any atom is -0.369 e. The molecular formula is C17H13F6NO2. The Morgan fingerprint density at radius 2 is 1.38 bits per heavy atom. The van der Waals surface area contributed by atoms with Gasteiger partial charge in [0.25, 0.3) is 11.5 Å². The van der Waals surface area contributed by atoms with Gasteiger partial charge in [0.15, 0.2) is 0 Å². The summed E-state index contributed by atoms with van der Waals surface area (Å²) in [6.45, 7) is 1.67. The van der Waals surface area contributed by atoms with E-state index in [2.05, 4.69) is 5.32 Å². The highest BCUT2D eigenvalue weighted by atomic mass is 19.4. The van der Waals surface area contributed by atoms with Crippen LogP contribution in [-0.4, -0.2) is 23.4 Å². The van der Waals surface area contributed by atoms with E-state index >= 15 is 0 Å². The molecule has 0 saturated heterocycles. The molecule has 140 valence electrons. The smallest absolute Gasteiger partial charge is 0.369 e. The summed E-state index contributed by atoms with van der Waals surface area (Å²) in [6.07, 6.45) is -11.9. The second kappa shape index (κ2) is 6.64. The lowest BCUT2D eigenvalue weighted by atomic mass is 9.92. The number of anilines is 1. The molecule has 26 heavy (non-hydrogen) atoms. The van der Waals surface area contributed by atoms with Crippen molar-refractivity contribution in [2.24, 2.45) is 0 Å². The van der Waals surface area contributed by atoms with Gasteiger partial charge in [-0.1, -0.05) is 30.3 Å². The lowest BCUT2D eigenvalue weighted by Gasteiger charge is -2.32. The summed E-state index contributed by atoms with van der Waals surface area (Å²) in [6, 6.07) is 9.15. The number of carbonyl (C=O) groups is 1. The minimum absolute atomic E-state index is 0.0197. The molecule has 0 aliphatic carbocycles. The first-order valence-corrected chi connectivity index (χ1v) is 7.21. The van der Waals surface area contributed by atoms with E-state index in [4.69, 9.17) is 0 Å². The summed E-state index contributed by atoms with van der Waals surface area (Å²) >= 11 is 0. The van der Waals surface area contributed by atoms with Crippen LogP contribution in [0.1, 0.15) is 21.5 Å². The summed E-state index contributed by atoms with van der Waals surface area (Å²) in [7, 11) is 0. The number of nitrogens with one attached hydrogen (secondary N) is 1. The van der Waals surface area contributed by atoms with Crippen molar-refractivity contribution >= 4 is 11.6 Å². The fourth-order valence-electron chi connectivity index (χ4n) is 2.31. The number of aliphatic hydroxyl groups is 1. The molecule has 0 aliphatic rings. The minimum atomic E-state index is -5.96. The third-order valence-corrected chi connectivity index (χ3v) is 3.77. The molecule has 0 bridgehead atoms. The molecule has 0 spiro atoms. The van der Waals surface area contributed by atoms with Crippen LogP contribution in [0, 0.1) is 6.92 Å². The summed E-state index contributed by atoms with van der Waals surface area (Å²) in [4.78, 5) is 12.1. The van der Waals surface area contributed by atoms with Crippen LogP contribution in [0.3, 0.4) is 0 Å².